The van der Waals surface area contributed by atoms with Crippen molar-refractivity contribution < 1.29 is 4.79 Å². The number of amides is 1. The zero-order valence-electron chi connectivity index (χ0n) is 11.7. The predicted molar refractivity (Wildman–Crippen MR) is 75.0 cm³/mol. The van der Waals surface area contributed by atoms with Gasteiger partial charge in [0.05, 0.1) is 6.54 Å². The molecule has 1 fully saturated rings. The molecule has 18 heavy (non-hydrogen) atoms. The maximum atomic E-state index is 12.0. The van der Waals surface area contributed by atoms with Crippen LogP contribution in [0.25, 0.3) is 0 Å². The summed E-state index contributed by atoms with van der Waals surface area (Å²) in [4.78, 5) is 13.8. The molecule has 0 aromatic heterocycles. The summed E-state index contributed by atoms with van der Waals surface area (Å²) in [6.45, 7) is 9.72. The molecule has 0 saturated carbocycles. The minimum absolute atomic E-state index is 0.0232. The highest BCUT2D eigenvalue weighted by atomic mass is 16.2. The number of piperazine rings is 1. The molecule has 3 nitrogen and oxygen atoms in total. The van der Waals surface area contributed by atoms with Gasteiger partial charge in [-0.1, -0.05) is 26.0 Å². The van der Waals surface area contributed by atoms with Crippen LogP contribution in [0.5, 0.6) is 0 Å². The fourth-order valence-electron chi connectivity index (χ4n) is 2.22. The molecule has 98 valence electrons. The van der Waals surface area contributed by atoms with Crippen LogP contribution < -0.4 is 10.2 Å². The summed E-state index contributed by atoms with van der Waals surface area (Å²) in [6, 6.07) is 8.33. The highest BCUT2D eigenvalue weighted by Gasteiger charge is 2.31. The average molecular weight is 246 g/mol. The Morgan fingerprint density at radius 2 is 1.83 bits per heavy atom. The van der Waals surface area contributed by atoms with Crippen molar-refractivity contribution >= 4 is 11.6 Å². The number of rotatable bonds is 2. The largest absolute Gasteiger partial charge is 0.309 e. The van der Waals surface area contributed by atoms with Gasteiger partial charge in [0.25, 0.3) is 0 Å². The van der Waals surface area contributed by atoms with Gasteiger partial charge in [-0.3, -0.25) is 4.79 Å². The Morgan fingerprint density at radius 3 is 2.39 bits per heavy atom. The number of hydrogen-bond acceptors (Lipinski definition) is 2. The zero-order chi connectivity index (χ0) is 13.3. The molecule has 1 aromatic carbocycles. The highest BCUT2D eigenvalue weighted by Crippen LogP contribution is 2.23. The molecule has 0 bridgehead atoms. The van der Waals surface area contributed by atoms with E-state index in [2.05, 4.69) is 57.3 Å². The van der Waals surface area contributed by atoms with E-state index in [1.54, 1.807) is 0 Å². The smallest absolute Gasteiger partial charge is 0.241 e. The topological polar surface area (TPSA) is 32.3 Å². The monoisotopic (exact) mass is 246 g/mol. The highest BCUT2D eigenvalue weighted by molar-refractivity contribution is 5.95. The van der Waals surface area contributed by atoms with Crippen LogP contribution in [0.15, 0.2) is 24.3 Å². The third-order valence-corrected chi connectivity index (χ3v) is 3.44. The molecule has 1 aliphatic heterocycles. The fourth-order valence-corrected chi connectivity index (χ4v) is 2.22. The minimum atomic E-state index is -0.0232. The van der Waals surface area contributed by atoms with Gasteiger partial charge >= 0.3 is 0 Å². The zero-order valence-corrected chi connectivity index (χ0v) is 11.7. The molecular formula is C15H22N2O. The van der Waals surface area contributed by atoms with Gasteiger partial charge in [0, 0.05) is 17.8 Å². The molecule has 1 N–H and O–H groups in total. The van der Waals surface area contributed by atoms with E-state index in [0.29, 0.717) is 19.0 Å². The van der Waals surface area contributed by atoms with E-state index in [0.717, 1.165) is 5.69 Å². The minimum Gasteiger partial charge on any atom is -0.309 e. The second-order valence-corrected chi connectivity index (χ2v) is 5.96. The van der Waals surface area contributed by atoms with Crippen molar-refractivity contribution in [3.63, 3.8) is 0 Å². The van der Waals surface area contributed by atoms with Crippen LogP contribution in [0.2, 0.25) is 0 Å². The first-order valence-electron chi connectivity index (χ1n) is 6.54. The molecule has 1 amide bonds. The van der Waals surface area contributed by atoms with Crippen molar-refractivity contribution in [2.75, 3.05) is 18.0 Å². The summed E-state index contributed by atoms with van der Waals surface area (Å²) < 4.78 is 0. The molecule has 1 aromatic rings. The molecule has 0 radical (unpaired) electrons. The molecule has 1 heterocycles. The molecule has 1 aliphatic rings. The molecule has 2 rings (SSSR count). The second kappa shape index (κ2) is 4.73. The average Bonchev–Trinajstić information content (AvgIpc) is 2.32. The van der Waals surface area contributed by atoms with E-state index >= 15 is 0 Å². The first-order chi connectivity index (χ1) is 8.39. The van der Waals surface area contributed by atoms with Crippen molar-refractivity contribution in [1.82, 2.24) is 5.32 Å². The van der Waals surface area contributed by atoms with E-state index in [1.165, 1.54) is 5.56 Å². The summed E-state index contributed by atoms with van der Waals surface area (Å²) in [5.74, 6) is 0.667. The molecular weight excluding hydrogens is 224 g/mol. The fraction of sp³-hybridized carbons (Fsp3) is 0.533. The lowest BCUT2D eigenvalue weighted by Gasteiger charge is -2.38. The Balaban J connectivity index is 2.22. The van der Waals surface area contributed by atoms with Crippen LogP contribution in [0.1, 0.15) is 39.2 Å². The number of carbonyl (C=O) groups is 1. The maximum Gasteiger partial charge on any atom is 0.241 e. The maximum absolute atomic E-state index is 12.0. The van der Waals surface area contributed by atoms with Gasteiger partial charge < -0.3 is 10.2 Å². The van der Waals surface area contributed by atoms with E-state index in [1.807, 2.05) is 4.90 Å². The number of nitrogens with zero attached hydrogens (tertiary/aromatic N) is 1. The molecule has 1 saturated heterocycles. The van der Waals surface area contributed by atoms with E-state index in [-0.39, 0.29) is 11.4 Å². The standard InChI is InChI=1S/C15H22N2O/c1-11(2)12-5-7-13(8-6-12)17-10-15(3,4)16-9-14(17)18/h5-8,11,16H,9-10H2,1-4H3. The SMILES string of the molecule is CC(C)c1ccc(N2CC(C)(C)NCC2=O)cc1. The van der Waals surface area contributed by atoms with E-state index < -0.39 is 0 Å². The van der Waals surface area contributed by atoms with Crippen LogP contribution >= 0.6 is 0 Å². The van der Waals surface area contributed by atoms with Crippen molar-refractivity contribution in [2.45, 2.75) is 39.2 Å². The first kappa shape index (κ1) is 13.1. The number of carbonyl (C=O) groups excluding carboxylic acids is 1. The van der Waals surface area contributed by atoms with Crippen LogP contribution in [0.3, 0.4) is 0 Å². The summed E-state index contributed by atoms with van der Waals surface area (Å²) in [5.41, 5.74) is 2.28. The van der Waals surface area contributed by atoms with Gasteiger partial charge in [-0.25, -0.2) is 0 Å². The molecule has 0 unspecified atom stereocenters. The van der Waals surface area contributed by atoms with Crippen LogP contribution in [0, 0.1) is 0 Å². The van der Waals surface area contributed by atoms with Crippen LogP contribution in [-0.4, -0.2) is 24.5 Å². The number of nitrogens with one attached hydrogen (secondary N) is 1. The van der Waals surface area contributed by atoms with Crippen molar-refractivity contribution in [1.29, 1.82) is 0 Å². The Labute approximate surface area is 109 Å². The van der Waals surface area contributed by atoms with Crippen molar-refractivity contribution in [3.05, 3.63) is 29.8 Å². The number of anilines is 1. The molecule has 0 aliphatic carbocycles. The molecule has 0 spiro atoms. The van der Waals surface area contributed by atoms with Gasteiger partial charge in [0.15, 0.2) is 0 Å². The van der Waals surface area contributed by atoms with Gasteiger partial charge in [-0.05, 0) is 37.5 Å². The van der Waals surface area contributed by atoms with Crippen molar-refractivity contribution in [3.8, 4) is 0 Å². The van der Waals surface area contributed by atoms with Gasteiger partial charge in [-0.2, -0.15) is 0 Å². The van der Waals surface area contributed by atoms with E-state index in [4.69, 9.17) is 0 Å². The normalized spacial score (nSPS) is 19.4. The Kier molecular flexibility index (Phi) is 3.44. The van der Waals surface area contributed by atoms with Crippen LogP contribution in [-0.2, 0) is 4.79 Å². The Bertz CT molecular complexity index is 434. The van der Waals surface area contributed by atoms with Gasteiger partial charge in [-0.15, -0.1) is 0 Å². The summed E-state index contributed by atoms with van der Waals surface area (Å²) in [5, 5.41) is 3.25. The summed E-state index contributed by atoms with van der Waals surface area (Å²) in [7, 11) is 0. The Hall–Kier alpha value is -1.35. The lowest BCUT2D eigenvalue weighted by Crippen LogP contribution is -2.59. The predicted octanol–water partition coefficient (Wildman–Crippen LogP) is 2.52. The first-order valence-corrected chi connectivity index (χ1v) is 6.54. The molecule has 0 atom stereocenters. The molecule has 3 heteroatoms. The van der Waals surface area contributed by atoms with E-state index in [9.17, 15) is 4.79 Å². The number of hydrogen-bond donors (Lipinski definition) is 1. The van der Waals surface area contributed by atoms with Crippen molar-refractivity contribution in [2.24, 2.45) is 0 Å². The lowest BCUT2D eigenvalue weighted by molar-refractivity contribution is -0.119. The quantitative estimate of drug-likeness (QED) is 0.869. The third kappa shape index (κ3) is 2.72. The summed E-state index contributed by atoms with van der Waals surface area (Å²) >= 11 is 0. The third-order valence-electron chi connectivity index (χ3n) is 3.44. The number of benzene rings is 1. The van der Waals surface area contributed by atoms with Gasteiger partial charge in [0.1, 0.15) is 0 Å². The second-order valence-electron chi connectivity index (χ2n) is 5.96. The lowest BCUT2D eigenvalue weighted by atomic mass is 10.00. The summed E-state index contributed by atoms with van der Waals surface area (Å²) in [6.07, 6.45) is 0. The van der Waals surface area contributed by atoms with Crippen LogP contribution in [0.4, 0.5) is 5.69 Å². The van der Waals surface area contributed by atoms with Gasteiger partial charge in [0.2, 0.25) is 5.91 Å². The Morgan fingerprint density at radius 1 is 1.22 bits per heavy atom.